The summed E-state index contributed by atoms with van der Waals surface area (Å²) in [5, 5.41) is 0. The highest BCUT2D eigenvalue weighted by atomic mass is 19.3. The second kappa shape index (κ2) is 1.76. The first-order valence-electron chi connectivity index (χ1n) is 2.17. The van der Waals surface area contributed by atoms with E-state index in [2.05, 4.69) is 6.92 Å². The van der Waals surface area contributed by atoms with Gasteiger partial charge >= 0.3 is 0 Å². The molecular formula is C5H9F2. The molecule has 0 unspecified atom stereocenters. The Hall–Kier alpha value is -0.140. The van der Waals surface area contributed by atoms with Crippen LogP contribution >= 0.6 is 0 Å². The molecule has 0 nitrogen and oxygen atoms in total. The van der Waals surface area contributed by atoms with E-state index in [0.717, 1.165) is 0 Å². The van der Waals surface area contributed by atoms with Gasteiger partial charge in [0, 0.05) is 12.8 Å². The smallest absolute Gasteiger partial charge is 0.207 e. The lowest BCUT2D eigenvalue weighted by Gasteiger charge is -2.12. The molecule has 0 saturated heterocycles. The Morgan fingerprint density at radius 1 is 1.43 bits per heavy atom. The highest BCUT2D eigenvalue weighted by Gasteiger charge is 2.25. The van der Waals surface area contributed by atoms with E-state index in [4.69, 9.17) is 0 Å². The zero-order valence-electron chi connectivity index (χ0n) is 4.54. The molecule has 0 N–H and O–H groups in total. The molecule has 0 aromatic carbocycles. The van der Waals surface area contributed by atoms with Crippen molar-refractivity contribution >= 4 is 0 Å². The van der Waals surface area contributed by atoms with Crippen molar-refractivity contribution in [1.82, 2.24) is 0 Å². The van der Waals surface area contributed by atoms with Crippen molar-refractivity contribution in [3.63, 3.8) is 0 Å². The highest BCUT2D eigenvalue weighted by Crippen LogP contribution is 2.21. The minimum absolute atomic E-state index is 0.646. The van der Waals surface area contributed by atoms with Crippen molar-refractivity contribution in [2.45, 2.75) is 19.8 Å². The van der Waals surface area contributed by atoms with Gasteiger partial charge in [0.25, 0.3) is 5.92 Å². The molecule has 0 amide bonds. The number of hydrogen-bond donors (Lipinski definition) is 0. The molecule has 0 aliphatic carbocycles. The summed E-state index contributed by atoms with van der Waals surface area (Å²) < 4.78 is 23.5. The van der Waals surface area contributed by atoms with E-state index >= 15 is 0 Å². The van der Waals surface area contributed by atoms with Crippen LogP contribution in [-0.2, 0) is 0 Å². The summed E-state index contributed by atoms with van der Waals surface area (Å²) in [6.45, 7) is 5.51. The topological polar surface area (TPSA) is 0 Å². The van der Waals surface area contributed by atoms with Gasteiger partial charge in [-0.15, -0.1) is 0 Å². The van der Waals surface area contributed by atoms with Gasteiger partial charge in [-0.05, 0) is 0 Å². The maximum atomic E-state index is 11.7. The molecule has 0 saturated carbocycles. The van der Waals surface area contributed by atoms with Crippen molar-refractivity contribution in [2.75, 3.05) is 0 Å². The van der Waals surface area contributed by atoms with E-state index in [9.17, 15) is 8.78 Å². The van der Waals surface area contributed by atoms with E-state index < -0.39 is 11.8 Å². The van der Waals surface area contributed by atoms with Crippen molar-refractivity contribution in [2.24, 2.45) is 5.92 Å². The lowest BCUT2D eigenvalue weighted by atomic mass is 10.1. The fraction of sp³-hybridized carbons (Fsp3) is 0.800. The van der Waals surface area contributed by atoms with E-state index in [1.165, 1.54) is 13.8 Å². The Kier molecular flexibility index (Phi) is 1.73. The largest absolute Gasteiger partial charge is 0.250 e. The molecule has 0 aliphatic heterocycles. The Labute approximate surface area is 42.5 Å². The van der Waals surface area contributed by atoms with Crippen LogP contribution in [0.4, 0.5) is 8.78 Å². The maximum Gasteiger partial charge on any atom is 0.250 e. The minimum Gasteiger partial charge on any atom is -0.207 e. The van der Waals surface area contributed by atoms with Crippen LogP contribution < -0.4 is 0 Å². The maximum absolute atomic E-state index is 11.7. The minimum atomic E-state index is -2.75. The van der Waals surface area contributed by atoms with Crippen LogP contribution in [0.2, 0.25) is 0 Å². The molecule has 2 heteroatoms. The van der Waals surface area contributed by atoms with E-state index in [-0.39, 0.29) is 0 Å². The van der Waals surface area contributed by atoms with Crippen molar-refractivity contribution in [1.29, 1.82) is 0 Å². The number of halogens is 2. The quantitative estimate of drug-likeness (QED) is 0.481. The van der Waals surface area contributed by atoms with Crippen LogP contribution in [0.25, 0.3) is 0 Å². The van der Waals surface area contributed by atoms with Crippen LogP contribution in [0, 0.1) is 12.8 Å². The monoisotopic (exact) mass is 107 g/mol. The second-order valence-electron chi connectivity index (χ2n) is 1.92. The zero-order chi connectivity index (χ0) is 6.08. The van der Waals surface area contributed by atoms with Crippen molar-refractivity contribution in [3.8, 4) is 0 Å². The second-order valence-corrected chi connectivity index (χ2v) is 1.92. The molecule has 7 heavy (non-hydrogen) atoms. The molecule has 0 fully saturated rings. The number of rotatable bonds is 1. The van der Waals surface area contributed by atoms with Gasteiger partial charge in [0.1, 0.15) is 0 Å². The van der Waals surface area contributed by atoms with Crippen molar-refractivity contribution < 1.29 is 8.78 Å². The Morgan fingerprint density at radius 3 is 1.57 bits per heavy atom. The van der Waals surface area contributed by atoms with E-state index in [0.29, 0.717) is 0 Å². The number of alkyl halides is 2. The number of hydrogen-bond acceptors (Lipinski definition) is 0. The normalized spacial score (nSPS) is 12.9. The molecule has 0 bridgehead atoms. The molecule has 0 atom stereocenters. The summed E-state index contributed by atoms with van der Waals surface area (Å²) in [4.78, 5) is 0. The van der Waals surface area contributed by atoms with Crippen molar-refractivity contribution in [3.05, 3.63) is 6.92 Å². The van der Waals surface area contributed by atoms with Gasteiger partial charge < -0.3 is 0 Å². The van der Waals surface area contributed by atoms with Crippen LogP contribution in [-0.4, -0.2) is 5.92 Å². The van der Waals surface area contributed by atoms with Gasteiger partial charge in [-0.1, -0.05) is 13.8 Å². The fourth-order valence-corrected chi connectivity index (χ4v) is 0. The zero-order valence-corrected chi connectivity index (χ0v) is 4.54. The molecule has 43 valence electrons. The third kappa shape index (κ3) is 2.54. The molecule has 0 aromatic rings. The third-order valence-corrected chi connectivity index (χ3v) is 0.845. The first kappa shape index (κ1) is 6.86. The summed E-state index contributed by atoms with van der Waals surface area (Å²) in [5.74, 6) is -3.40. The van der Waals surface area contributed by atoms with Gasteiger partial charge in [-0.3, -0.25) is 0 Å². The van der Waals surface area contributed by atoms with Crippen LogP contribution in [0.3, 0.4) is 0 Å². The Morgan fingerprint density at radius 2 is 1.57 bits per heavy atom. The molecule has 0 rings (SSSR count). The van der Waals surface area contributed by atoms with Crippen LogP contribution in [0.1, 0.15) is 13.8 Å². The fourth-order valence-electron chi connectivity index (χ4n) is 0. The molecule has 0 spiro atoms. The predicted molar refractivity (Wildman–Crippen MR) is 25.1 cm³/mol. The first-order valence-corrected chi connectivity index (χ1v) is 2.17. The van der Waals surface area contributed by atoms with Gasteiger partial charge in [-0.25, -0.2) is 8.78 Å². The summed E-state index contributed by atoms with van der Waals surface area (Å²) in [7, 11) is 0. The third-order valence-electron chi connectivity index (χ3n) is 0.845. The molecule has 0 aliphatic rings. The Bertz CT molecular complexity index is 51.6. The lowest BCUT2D eigenvalue weighted by molar-refractivity contribution is 0.00309. The first-order chi connectivity index (χ1) is 2.94. The van der Waals surface area contributed by atoms with Crippen LogP contribution in [0.5, 0.6) is 0 Å². The Balaban J connectivity index is 3.54. The molecule has 0 aromatic heterocycles. The summed E-state index contributed by atoms with van der Waals surface area (Å²) >= 11 is 0. The van der Waals surface area contributed by atoms with E-state index in [1.807, 2.05) is 0 Å². The molecule has 1 radical (unpaired) electrons. The van der Waals surface area contributed by atoms with Gasteiger partial charge in [0.15, 0.2) is 0 Å². The average Bonchev–Trinajstić information content (AvgIpc) is 1.31. The standard InChI is InChI=1S/C5H9F2/c1-4(2)5(3,6)7/h4H,3H2,1-2H3. The highest BCUT2D eigenvalue weighted by molar-refractivity contribution is 4.71. The summed E-state index contributed by atoms with van der Waals surface area (Å²) in [5.41, 5.74) is 0. The summed E-state index contributed by atoms with van der Waals surface area (Å²) in [6, 6.07) is 0. The molecule has 0 heterocycles. The van der Waals surface area contributed by atoms with Gasteiger partial charge in [0.2, 0.25) is 0 Å². The van der Waals surface area contributed by atoms with Crippen LogP contribution in [0.15, 0.2) is 0 Å². The lowest BCUT2D eigenvalue weighted by Crippen LogP contribution is -2.18. The van der Waals surface area contributed by atoms with Gasteiger partial charge in [-0.2, -0.15) is 0 Å². The SMILES string of the molecule is [CH2]C(F)(F)C(C)C. The predicted octanol–water partition coefficient (Wildman–Crippen LogP) is 2.11. The van der Waals surface area contributed by atoms with Gasteiger partial charge in [0.05, 0.1) is 0 Å². The van der Waals surface area contributed by atoms with E-state index in [1.54, 1.807) is 0 Å². The summed E-state index contributed by atoms with van der Waals surface area (Å²) in [6.07, 6.45) is 0. The molecular weight excluding hydrogens is 98.1 g/mol. The average molecular weight is 107 g/mol.